The zero-order valence-electron chi connectivity index (χ0n) is 9.29. The molecule has 84 valence electrons. The fraction of sp³-hybridized carbons (Fsp3) is 0.545. The second-order valence-electron chi connectivity index (χ2n) is 4.03. The van der Waals surface area contributed by atoms with Gasteiger partial charge in [0.15, 0.2) is 0 Å². The molecule has 0 aliphatic rings. The van der Waals surface area contributed by atoms with Gasteiger partial charge in [0.1, 0.15) is 0 Å². The number of nitrogens with one attached hydrogen (secondary N) is 2. The van der Waals surface area contributed by atoms with Crippen molar-refractivity contribution in [1.29, 1.82) is 0 Å². The molecule has 0 bridgehead atoms. The molecule has 0 amide bonds. The van der Waals surface area contributed by atoms with Gasteiger partial charge < -0.3 is 16.0 Å². The first-order chi connectivity index (χ1) is 7.13. The highest BCUT2D eigenvalue weighted by molar-refractivity contribution is 5.09. The third-order valence-electron chi connectivity index (χ3n) is 2.47. The number of aromatic nitrogens is 1. The van der Waals surface area contributed by atoms with Crippen molar-refractivity contribution >= 4 is 0 Å². The molecule has 15 heavy (non-hydrogen) atoms. The van der Waals surface area contributed by atoms with Crippen molar-refractivity contribution in [2.24, 2.45) is 11.7 Å². The summed E-state index contributed by atoms with van der Waals surface area (Å²) in [6, 6.07) is 3.78. The third kappa shape index (κ3) is 3.85. The fourth-order valence-corrected chi connectivity index (χ4v) is 1.44. The van der Waals surface area contributed by atoms with Gasteiger partial charge in [-0.3, -0.25) is 4.79 Å². The molecule has 0 radical (unpaired) electrons. The van der Waals surface area contributed by atoms with Gasteiger partial charge in [-0.25, -0.2) is 0 Å². The molecule has 1 heterocycles. The van der Waals surface area contributed by atoms with Gasteiger partial charge in [-0.05, 0) is 17.5 Å². The van der Waals surface area contributed by atoms with Crippen LogP contribution >= 0.6 is 0 Å². The Hall–Kier alpha value is -1.13. The van der Waals surface area contributed by atoms with E-state index in [0.717, 1.165) is 5.56 Å². The molecule has 0 saturated heterocycles. The maximum absolute atomic E-state index is 11.0. The number of hydrogen-bond donors (Lipinski definition) is 3. The summed E-state index contributed by atoms with van der Waals surface area (Å²) >= 11 is 0. The summed E-state index contributed by atoms with van der Waals surface area (Å²) in [5.74, 6) is 0.497. The van der Waals surface area contributed by atoms with Crippen LogP contribution in [0.5, 0.6) is 0 Å². The van der Waals surface area contributed by atoms with Gasteiger partial charge in [0.2, 0.25) is 5.56 Å². The summed E-state index contributed by atoms with van der Waals surface area (Å²) in [6.07, 6.45) is 1.66. The minimum Gasteiger partial charge on any atom is -0.329 e. The molecule has 0 aromatic carbocycles. The highest BCUT2D eigenvalue weighted by Gasteiger charge is 2.09. The predicted molar refractivity (Wildman–Crippen MR) is 61.6 cm³/mol. The largest absolute Gasteiger partial charge is 0.329 e. The van der Waals surface area contributed by atoms with Gasteiger partial charge in [-0.2, -0.15) is 0 Å². The minimum atomic E-state index is -0.0665. The standard InChI is InChI=1S/C11H19N3O/c1-8(2)10(6-12)14-7-9-3-4-13-11(15)5-9/h3-5,8,10,14H,6-7,12H2,1-2H3,(H,13,15). The lowest BCUT2D eigenvalue weighted by Gasteiger charge is -2.20. The van der Waals surface area contributed by atoms with Crippen molar-refractivity contribution in [3.8, 4) is 0 Å². The van der Waals surface area contributed by atoms with Crippen molar-refractivity contribution in [3.05, 3.63) is 34.2 Å². The summed E-state index contributed by atoms with van der Waals surface area (Å²) in [5.41, 5.74) is 6.55. The van der Waals surface area contributed by atoms with E-state index in [0.29, 0.717) is 25.0 Å². The number of hydrogen-bond acceptors (Lipinski definition) is 3. The summed E-state index contributed by atoms with van der Waals surface area (Å²) in [4.78, 5) is 13.6. The summed E-state index contributed by atoms with van der Waals surface area (Å²) < 4.78 is 0. The maximum Gasteiger partial charge on any atom is 0.248 e. The van der Waals surface area contributed by atoms with E-state index >= 15 is 0 Å². The van der Waals surface area contributed by atoms with E-state index in [2.05, 4.69) is 24.1 Å². The van der Waals surface area contributed by atoms with Gasteiger partial charge >= 0.3 is 0 Å². The molecular weight excluding hydrogens is 190 g/mol. The van der Waals surface area contributed by atoms with Crippen molar-refractivity contribution < 1.29 is 0 Å². The number of aromatic amines is 1. The highest BCUT2D eigenvalue weighted by Crippen LogP contribution is 2.01. The molecule has 1 aromatic heterocycles. The average Bonchev–Trinajstić information content (AvgIpc) is 2.18. The van der Waals surface area contributed by atoms with Gasteiger partial charge in [-0.1, -0.05) is 13.8 Å². The molecule has 1 rings (SSSR count). The predicted octanol–water partition coefficient (Wildman–Crippen LogP) is 0.448. The maximum atomic E-state index is 11.0. The molecule has 0 fully saturated rings. The van der Waals surface area contributed by atoms with Gasteiger partial charge in [-0.15, -0.1) is 0 Å². The fourth-order valence-electron chi connectivity index (χ4n) is 1.44. The van der Waals surface area contributed by atoms with Crippen LogP contribution < -0.4 is 16.6 Å². The van der Waals surface area contributed by atoms with E-state index in [4.69, 9.17) is 5.73 Å². The van der Waals surface area contributed by atoms with E-state index in [1.54, 1.807) is 12.3 Å². The van der Waals surface area contributed by atoms with Crippen molar-refractivity contribution in [2.45, 2.75) is 26.4 Å². The SMILES string of the molecule is CC(C)C(CN)NCc1cc[nH]c(=O)c1. The Labute approximate surface area is 89.9 Å². The monoisotopic (exact) mass is 209 g/mol. The topological polar surface area (TPSA) is 70.9 Å². The van der Waals surface area contributed by atoms with Crippen LogP contribution in [0.1, 0.15) is 19.4 Å². The summed E-state index contributed by atoms with van der Waals surface area (Å²) in [6.45, 7) is 5.55. The number of rotatable bonds is 5. The Morgan fingerprint density at radius 1 is 1.53 bits per heavy atom. The smallest absolute Gasteiger partial charge is 0.248 e. The van der Waals surface area contributed by atoms with Crippen LogP contribution in [0.3, 0.4) is 0 Å². The molecule has 0 spiro atoms. The van der Waals surface area contributed by atoms with Crippen molar-refractivity contribution in [2.75, 3.05) is 6.54 Å². The van der Waals surface area contributed by atoms with E-state index in [9.17, 15) is 4.79 Å². The lowest BCUT2D eigenvalue weighted by atomic mass is 10.0. The molecule has 1 unspecified atom stereocenters. The molecule has 0 aliphatic heterocycles. The van der Waals surface area contributed by atoms with Crippen LogP contribution in [0.15, 0.2) is 23.1 Å². The van der Waals surface area contributed by atoms with Gasteiger partial charge in [0, 0.05) is 31.4 Å². The van der Waals surface area contributed by atoms with E-state index < -0.39 is 0 Å². The molecule has 4 heteroatoms. The third-order valence-corrected chi connectivity index (χ3v) is 2.47. The Kier molecular flexibility index (Phi) is 4.52. The first kappa shape index (κ1) is 11.9. The van der Waals surface area contributed by atoms with E-state index in [1.165, 1.54) is 0 Å². The number of H-pyrrole nitrogens is 1. The lowest BCUT2D eigenvalue weighted by molar-refractivity contribution is 0.405. The molecular formula is C11H19N3O. The highest BCUT2D eigenvalue weighted by atomic mass is 16.1. The van der Waals surface area contributed by atoms with Crippen LogP contribution in [0.2, 0.25) is 0 Å². The molecule has 4 N–H and O–H groups in total. The first-order valence-electron chi connectivity index (χ1n) is 5.24. The van der Waals surface area contributed by atoms with Crippen molar-refractivity contribution in [1.82, 2.24) is 10.3 Å². The van der Waals surface area contributed by atoms with Crippen molar-refractivity contribution in [3.63, 3.8) is 0 Å². The van der Waals surface area contributed by atoms with Crippen LogP contribution in [0.25, 0.3) is 0 Å². The summed E-state index contributed by atoms with van der Waals surface area (Å²) in [7, 11) is 0. The molecule has 0 saturated carbocycles. The first-order valence-corrected chi connectivity index (χ1v) is 5.24. The second-order valence-corrected chi connectivity index (χ2v) is 4.03. The van der Waals surface area contributed by atoms with Crippen LogP contribution in [0.4, 0.5) is 0 Å². The molecule has 1 aromatic rings. The second kappa shape index (κ2) is 5.68. The van der Waals surface area contributed by atoms with Gasteiger partial charge in [0.05, 0.1) is 0 Å². The quantitative estimate of drug-likeness (QED) is 0.659. The minimum absolute atomic E-state index is 0.0665. The number of pyridine rings is 1. The van der Waals surface area contributed by atoms with Gasteiger partial charge in [0.25, 0.3) is 0 Å². The molecule has 1 atom stereocenters. The van der Waals surface area contributed by atoms with E-state index in [1.807, 2.05) is 6.07 Å². The zero-order chi connectivity index (χ0) is 11.3. The normalized spacial score (nSPS) is 13.1. The Morgan fingerprint density at radius 2 is 2.27 bits per heavy atom. The summed E-state index contributed by atoms with van der Waals surface area (Å²) in [5, 5.41) is 3.33. The van der Waals surface area contributed by atoms with Crippen LogP contribution in [0, 0.1) is 5.92 Å². The molecule has 4 nitrogen and oxygen atoms in total. The average molecular weight is 209 g/mol. The van der Waals surface area contributed by atoms with Crippen LogP contribution in [-0.2, 0) is 6.54 Å². The zero-order valence-corrected chi connectivity index (χ0v) is 9.29. The number of nitrogens with two attached hydrogens (primary N) is 1. The Bertz CT molecular complexity index is 346. The lowest BCUT2D eigenvalue weighted by Crippen LogP contribution is -2.39. The Morgan fingerprint density at radius 3 is 2.80 bits per heavy atom. The van der Waals surface area contributed by atoms with Crippen LogP contribution in [-0.4, -0.2) is 17.6 Å². The molecule has 0 aliphatic carbocycles. The Balaban J connectivity index is 2.52. The van der Waals surface area contributed by atoms with E-state index in [-0.39, 0.29) is 5.56 Å².